The maximum atomic E-state index is 14.4. The quantitative estimate of drug-likeness (QED) is 0.378. The van der Waals surface area contributed by atoms with E-state index in [1.807, 2.05) is 38.1 Å². The van der Waals surface area contributed by atoms with Crippen molar-refractivity contribution in [1.29, 1.82) is 0 Å². The Morgan fingerprint density at radius 3 is 2.62 bits per heavy atom. The zero-order valence-electron chi connectivity index (χ0n) is 20.1. The third kappa shape index (κ3) is 5.08. The van der Waals surface area contributed by atoms with Crippen LogP contribution in [0.2, 0.25) is 0 Å². The maximum Gasteiger partial charge on any atom is 0.419 e. The molecule has 0 saturated heterocycles. The van der Waals surface area contributed by atoms with Crippen molar-refractivity contribution >= 4 is 17.6 Å². The molecule has 5 rings (SSSR count). The number of carboxylic acids is 1. The monoisotopic (exact) mass is 515 g/mol. The molecule has 0 spiro atoms. The third-order valence-electron chi connectivity index (χ3n) is 6.68. The number of aliphatic imine (C=N–C) groups is 1. The topological polar surface area (TPSA) is 91.5 Å². The molecule has 194 valence electrons. The Hall–Kier alpha value is -3.73. The number of rotatable bonds is 7. The van der Waals surface area contributed by atoms with Crippen molar-refractivity contribution in [2.75, 3.05) is 0 Å². The number of imidazole rings is 1. The van der Waals surface area contributed by atoms with Crippen LogP contribution >= 0.6 is 0 Å². The summed E-state index contributed by atoms with van der Waals surface area (Å²) in [5.74, 6) is -1.80. The lowest BCUT2D eigenvalue weighted by Crippen LogP contribution is -2.47. The zero-order chi connectivity index (χ0) is 26.5. The number of aliphatic carboxylic acids is 1. The summed E-state index contributed by atoms with van der Waals surface area (Å²) in [6.45, 7) is 3.92. The summed E-state index contributed by atoms with van der Waals surface area (Å²) in [5.41, 5.74) is 1.15. The van der Waals surface area contributed by atoms with Crippen molar-refractivity contribution in [3.8, 4) is 11.4 Å². The molecule has 3 N–H and O–H groups in total. The largest absolute Gasteiger partial charge is 0.475 e. The molecule has 1 unspecified atom stereocenters. The second kappa shape index (κ2) is 9.29. The van der Waals surface area contributed by atoms with Crippen LogP contribution in [0.5, 0.6) is 0 Å². The van der Waals surface area contributed by atoms with E-state index < -0.39 is 29.7 Å². The predicted molar refractivity (Wildman–Crippen MR) is 129 cm³/mol. The van der Waals surface area contributed by atoms with Crippen molar-refractivity contribution in [1.82, 2.24) is 20.2 Å². The third-order valence-corrected chi connectivity index (χ3v) is 6.68. The van der Waals surface area contributed by atoms with Crippen LogP contribution in [0.15, 0.2) is 47.5 Å². The van der Waals surface area contributed by atoms with E-state index in [9.17, 15) is 27.5 Å². The minimum Gasteiger partial charge on any atom is -0.475 e. The van der Waals surface area contributed by atoms with Crippen LogP contribution in [0, 0.1) is 18.7 Å². The SMILES string of the molecule is Cc1cccc(-c2nc3c(n2Cc2ccc(C(F)(F)F)c(F)c2)C(N[C@H](C)C2CC2)NC(C(=O)O)=N3)c1. The predicted octanol–water partition coefficient (Wildman–Crippen LogP) is 5.17. The van der Waals surface area contributed by atoms with Crippen LogP contribution in [0.3, 0.4) is 0 Å². The molecule has 2 aliphatic rings. The molecule has 1 aromatic heterocycles. The number of hydrogen-bond acceptors (Lipinski definition) is 5. The minimum atomic E-state index is -4.80. The van der Waals surface area contributed by atoms with Gasteiger partial charge in [0.2, 0.25) is 5.84 Å². The van der Waals surface area contributed by atoms with Gasteiger partial charge in [-0.15, -0.1) is 0 Å². The summed E-state index contributed by atoms with van der Waals surface area (Å²) >= 11 is 0. The van der Waals surface area contributed by atoms with Crippen LogP contribution in [0.25, 0.3) is 11.4 Å². The Labute approximate surface area is 210 Å². The highest BCUT2D eigenvalue weighted by Crippen LogP contribution is 2.38. The van der Waals surface area contributed by atoms with Crippen molar-refractivity contribution in [2.45, 2.75) is 51.6 Å². The molecule has 7 nitrogen and oxygen atoms in total. The van der Waals surface area contributed by atoms with Gasteiger partial charge >= 0.3 is 12.1 Å². The first-order chi connectivity index (χ1) is 17.5. The molecule has 11 heteroatoms. The first-order valence-electron chi connectivity index (χ1n) is 11.9. The number of nitrogens with zero attached hydrogens (tertiary/aromatic N) is 3. The zero-order valence-corrected chi connectivity index (χ0v) is 20.1. The second-order valence-electron chi connectivity index (χ2n) is 9.55. The minimum absolute atomic E-state index is 0.00371. The van der Waals surface area contributed by atoms with Gasteiger partial charge < -0.3 is 15.0 Å². The summed E-state index contributed by atoms with van der Waals surface area (Å²) in [5, 5.41) is 16.0. The van der Waals surface area contributed by atoms with Gasteiger partial charge in [0.15, 0.2) is 5.82 Å². The van der Waals surface area contributed by atoms with E-state index in [4.69, 9.17) is 0 Å². The van der Waals surface area contributed by atoms with E-state index in [1.165, 1.54) is 6.07 Å². The fourth-order valence-electron chi connectivity index (χ4n) is 4.62. The summed E-state index contributed by atoms with van der Waals surface area (Å²) in [6, 6.07) is 10.4. The average molecular weight is 516 g/mol. The molecular weight excluding hydrogens is 490 g/mol. The van der Waals surface area contributed by atoms with Gasteiger partial charge in [0.25, 0.3) is 0 Å². The molecule has 0 bridgehead atoms. The Balaban J connectivity index is 1.64. The number of alkyl halides is 3. The molecule has 3 aromatic rings. The number of aryl methyl sites for hydroxylation is 1. The van der Waals surface area contributed by atoms with Crippen LogP contribution < -0.4 is 10.6 Å². The number of halogens is 4. The molecule has 0 radical (unpaired) electrons. The summed E-state index contributed by atoms with van der Waals surface area (Å²) < 4.78 is 55.5. The van der Waals surface area contributed by atoms with Gasteiger partial charge in [0.05, 0.1) is 5.56 Å². The molecule has 2 atom stereocenters. The molecule has 1 saturated carbocycles. The van der Waals surface area contributed by atoms with E-state index in [0.717, 1.165) is 30.5 Å². The maximum absolute atomic E-state index is 14.4. The number of carboxylic acid groups (broad SMARTS) is 1. The average Bonchev–Trinajstić information content (AvgIpc) is 3.60. The molecule has 2 aromatic carbocycles. The van der Waals surface area contributed by atoms with Crippen molar-refractivity contribution in [3.05, 3.63) is 70.7 Å². The molecule has 1 aliphatic heterocycles. The Morgan fingerprint density at radius 2 is 2.00 bits per heavy atom. The van der Waals surface area contributed by atoms with Gasteiger partial charge in [-0.3, -0.25) is 5.32 Å². The lowest BCUT2D eigenvalue weighted by molar-refractivity contribution is -0.140. The normalized spacial score (nSPS) is 18.1. The second-order valence-corrected chi connectivity index (χ2v) is 9.55. The number of hydrogen-bond donors (Lipinski definition) is 3. The van der Waals surface area contributed by atoms with Gasteiger partial charge in [0, 0.05) is 18.2 Å². The number of carbonyl (C=O) groups is 1. The fraction of sp³-hybridized carbons (Fsp3) is 0.346. The number of aromatic nitrogens is 2. The molecular formula is C26H25F4N5O2. The first kappa shape index (κ1) is 24.9. The van der Waals surface area contributed by atoms with E-state index in [1.54, 1.807) is 4.57 Å². The lowest BCUT2D eigenvalue weighted by atomic mass is 10.1. The molecule has 1 fully saturated rings. The van der Waals surface area contributed by atoms with Crippen LogP contribution in [-0.2, 0) is 17.5 Å². The fourth-order valence-corrected chi connectivity index (χ4v) is 4.62. The van der Waals surface area contributed by atoms with Gasteiger partial charge in [0.1, 0.15) is 23.5 Å². The summed E-state index contributed by atoms with van der Waals surface area (Å²) in [7, 11) is 0. The highest BCUT2D eigenvalue weighted by molar-refractivity contribution is 6.35. The van der Waals surface area contributed by atoms with Crippen LogP contribution in [0.1, 0.15) is 48.3 Å². The number of nitrogens with one attached hydrogen (secondary N) is 2. The van der Waals surface area contributed by atoms with Crippen molar-refractivity contribution < 1.29 is 27.5 Å². The van der Waals surface area contributed by atoms with Crippen molar-refractivity contribution in [2.24, 2.45) is 10.9 Å². The Morgan fingerprint density at radius 1 is 1.24 bits per heavy atom. The van der Waals surface area contributed by atoms with Crippen LogP contribution in [0.4, 0.5) is 23.4 Å². The number of amidine groups is 1. The van der Waals surface area contributed by atoms with Crippen molar-refractivity contribution in [3.63, 3.8) is 0 Å². The summed E-state index contributed by atoms with van der Waals surface area (Å²) in [6.07, 6.45) is -3.36. The standard InChI is InChI=1S/C26H25F4N5O2/c1-13-4-3-5-17(10-13)24-34-22-20(21(31-14(2)16-7-8-16)32-23(33-22)25(36)37)35(24)12-15-6-9-18(19(27)11-15)26(28,29)30/h3-6,9-11,14,16,21,31H,7-8,12H2,1-2H3,(H,32,33)(H,36,37)/t14-,21?/m1/s1. The molecule has 0 amide bonds. The smallest absolute Gasteiger partial charge is 0.419 e. The van der Waals surface area contributed by atoms with Crippen LogP contribution in [-0.4, -0.2) is 32.5 Å². The van der Waals surface area contributed by atoms with Gasteiger partial charge in [-0.2, -0.15) is 13.2 Å². The lowest BCUT2D eigenvalue weighted by Gasteiger charge is -2.29. The van der Waals surface area contributed by atoms with E-state index in [-0.39, 0.29) is 24.2 Å². The highest BCUT2D eigenvalue weighted by Gasteiger charge is 2.37. The van der Waals surface area contributed by atoms with Gasteiger partial charge in [-0.25, -0.2) is 19.2 Å². The number of fused-ring (bicyclic) bond motifs is 1. The highest BCUT2D eigenvalue weighted by atomic mass is 19.4. The Kier molecular flexibility index (Phi) is 6.26. The van der Waals surface area contributed by atoms with E-state index in [2.05, 4.69) is 20.6 Å². The van der Waals surface area contributed by atoms with E-state index in [0.29, 0.717) is 28.6 Å². The van der Waals surface area contributed by atoms with E-state index >= 15 is 0 Å². The van der Waals surface area contributed by atoms with Gasteiger partial charge in [-0.05, 0) is 56.4 Å². The summed E-state index contributed by atoms with van der Waals surface area (Å²) in [4.78, 5) is 20.7. The Bertz CT molecular complexity index is 1390. The molecule has 2 heterocycles. The number of benzene rings is 2. The van der Waals surface area contributed by atoms with Gasteiger partial charge in [-0.1, -0.05) is 29.8 Å². The first-order valence-corrected chi connectivity index (χ1v) is 11.9. The molecule has 1 aliphatic carbocycles. The molecule has 37 heavy (non-hydrogen) atoms.